The Balaban J connectivity index is 0.00000128. The van der Waals surface area contributed by atoms with Crippen LogP contribution in [-0.4, -0.2) is 18.2 Å². The minimum absolute atomic E-state index is 0. The summed E-state index contributed by atoms with van der Waals surface area (Å²) in [6.07, 6.45) is 0.406. The van der Waals surface area contributed by atoms with Crippen molar-refractivity contribution in [2.45, 2.75) is 17.4 Å². The summed E-state index contributed by atoms with van der Waals surface area (Å²) in [5.41, 5.74) is 6.56. The van der Waals surface area contributed by atoms with E-state index < -0.39 is 0 Å². The van der Waals surface area contributed by atoms with Crippen LogP contribution in [0.1, 0.15) is 18.0 Å². The molecule has 1 amide bonds. The lowest BCUT2D eigenvalue weighted by molar-refractivity contribution is -0.121. The van der Waals surface area contributed by atoms with Gasteiger partial charge in [-0.3, -0.25) is 4.79 Å². The number of hydrogen-bond acceptors (Lipinski definition) is 3. The van der Waals surface area contributed by atoms with Gasteiger partial charge in [-0.25, -0.2) is 0 Å². The zero-order valence-electron chi connectivity index (χ0n) is 8.81. The van der Waals surface area contributed by atoms with E-state index in [9.17, 15) is 4.79 Å². The Labute approximate surface area is 106 Å². The molecule has 1 aliphatic heterocycles. The van der Waals surface area contributed by atoms with Crippen molar-refractivity contribution in [1.29, 1.82) is 0 Å². The molecule has 1 aromatic rings. The summed E-state index contributed by atoms with van der Waals surface area (Å²) in [5, 5.41) is 3.00. The molecular formula is C11H15ClN2OS. The molecule has 0 radical (unpaired) electrons. The van der Waals surface area contributed by atoms with Crippen LogP contribution in [-0.2, 0) is 4.79 Å². The fourth-order valence-electron chi connectivity index (χ4n) is 1.68. The molecule has 1 aliphatic rings. The van der Waals surface area contributed by atoms with Gasteiger partial charge in [-0.15, -0.1) is 24.2 Å². The van der Waals surface area contributed by atoms with Crippen LogP contribution in [0, 0.1) is 0 Å². The van der Waals surface area contributed by atoms with E-state index >= 15 is 0 Å². The number of nitrogens with two attached hydrogens (primary N) is 1. The highest BCUT2D eigenvalue weighted by Crippen LogP contribution is 2.37. The number of rotatable bonds is 3. The first-order chi connectivity index (χ1) is 7.31. The molecule has 0 aromatic heterocycles. The topological polar surface area (TPSA) is 55.1 Å². The number of fused-ring (bicyclic) bond motifs is 1. The zero-order valence-corrected chi connectivity index (χ0v) is 10.4. The molecule has 3 N–H and O–H groups in total. The van der Waals surface area contributed by atoms with Crippen LogP contribution in [0.2, 0.25) is 0 Å². The second-order valence-electron chi connectivity index (χ2n) is 3.51. The molecule has 16 heavy (non-hydrogen) atoms. The van der Waals surface area contributed by atoms with E-state index in [4.69, 9.17) is 5.73 Å². The van der Waals surface area contributed by atoms with Gasteiger partial charge in [-0.2, -0.15) is 0 Å². The van der Waals surface area contributed by atoms with E-state index in [0.717, 1.165) is 5.75 Å². The molecular weight excluding hydrogens is 244 g/mol. The Hall–Kier alpha value is -0.710. The molecule has 88 valence electrons. The van der Waals surface area contributed by atoms with Crippen molar-refractivity contribution in [2.24, 2.45) is 5.73 Å². The van der Waals surface area contributed by atoms with Crippen molar-refractivity contribution in [3.63, 3.8) is 0 Å². The third-order valence-electron chi connectivity index (χ3n) is 2.41. The Morgan fingerprint density at radius 1 is 1.50 bits per heavy atom. The zero-order chi connectivity index (χ0) is 10.7. The van der Waals surface area contributed by atoms with Gasteiger partial charge in [0, 0.05) is 23.6 Å². The van der Waals surface area contributed by atoms with Crippen molar-refractivity contribution < 1.29 is 4.79 Å². The van der Waals surface area contributed by atoms with E-state index in [1.807, 2.05) is 12.1 Å². The van der Waals surface area contributed by atoms with Gasteiger partial charge in [0.15, 0.2) is 0 Å². The lowest BCUT2D eigenvalue weighted by atomic mass is 10.1. The van der Waals surface area contributed by atoms with Crippen molar-refractivity contribution in [3.05, 3.63) is 29.8 Å². The van der Waals surface area contributed by atoms with Gasteiger partial charge in [-0.1, -0.05) is 18.2 Å². The predicted octanol–water partition coefficient (Wildman–Crippen LogP) is 1.72. The molecule has 0 saturated carbocycles. The summed E-state index contributed by atoms with van der Waals surface area (Å²) in [5.74, 6) is 0.968. The standard InChI is InChI=1S/C11H14N2OS.ClH/c12-6-5-11(14)13-9-7-15-10-4-2-1-3-8(9)10;/h1-4,9H,5-7,12H2,(H,13,14);1H. The van der Waals surface area contributed by atoms with Crippen LogP contribution >= 0.6 is 24.2 Å². The van der Waals surface area contributed by atoms with E-state index in [1.165, 1.54) is 10.5 Å². The molecule has 5 heteroatoms. The van der Waals surface area contributed by atoms with Gasteiger partial charge in [0.25, 0.3) is 0 Å². The molecule has 1 unspecified atom stereocenters. The summed E-state index contributed by atoms with van der Waals surface area (Å²) in [6.45, 7) is 0.410. The molecule has 0 saturated heterocycles. The van der Waals surface area contributed by atoms with Gasteiger partial charge >= 0.3 is 0 Å². The molecule has 0 aliphatic carbocycles. The molecule has 0 spiro atoms. The van der Waals surface area contributed by atoms with Crippen LogP contribution in [0.3, 0.4) is 0 Å². The number of amides is 1. The molecule has 1 heterocycles. The summed E-state index contributed by atoms with van der Waals surface area (Å²) < 4.78 is 0. The van der Waals surface area contributed by atoms with Gasteiger partial charge < -0.3 is 11.1 Å². The van der Waals surface area contributed by atoms with Crippen molar-refractivity contribution in [1.82, 2.24) is 5.32 Å². The van der Waals surface area contributed by atoms with E-state index in [1.54, 1.807) is 11.8 Å². The average Bonchev–Trinajstić information content (AvgIpc) is 2.62. The Morgan fingerprint density at radius 2 is 2.25 bits per heavy atom. The fraction of sp³-hybridized carbons (Fsp3) is 0.364. The molecule has 2 rings (SSSR count). The monoisotopic (exact) mass is 258 g/mol. The first kappa shape index (κ1) is 13.4. The lowest BCUT2D eigenvalue weighted by Gasteiger charge is -2.12. The lowest BCUT2D eigenvalue weighted by Crippen LogP contribution is -2.29. The molecule has 1 atom stereocenters. The van der Waals surface area contributed by atoms with Gasteiger partial charge in [-0.05, 0) is 11.6 Å². The maximum Gasteiger partial charge on any atom is 0.221 e. The van der Waals surface area contributed by atoms with Gasteiger partial charge in [0.2, 0.25) is 5.91 Å². The highest BCUT2D eigenvalue weighted by atomic mass is 35.5. The SMILES string of the molecule is Cl.NCCC(=O)NC1CSc2ccccc21. The number of carbonyl (C=O) groups excluding carboxylic acids is 1. The van der Waals surface area contributed by atoms with E-state index in [2.05, 4.69) is 17.4 Å². The van der Waals surface area contributed by atoms with Crippen molar-refractivity contribution in [3.8, 4) is 0 Å². The second-order valence-corrected chi connectivity index (χ2v) is 4.57. The maximum atomic E-state index is 11.4. The predicted molar refractivity (Wildman–Crippen MR) is 69.0 cm³/mol. The van der Waals surface area contributed by atoms with E-state index in [0.29, 0.717) is 13.0 Å². The molecule has 1 aromatic carbocycles. The van der Waals surface area contributed by atoms with Gasteiger partial charge in [0.1, 0.15) is 0 Å². The largest absolute Gasteiger partial charge is 0.348 e. The Morgan fingerprint density at radius 3 is 3.00 bits per heavy atom. The maximum absolute atomic E-state index is 11.4. The van der Waals surface area contributed by atoms with Crippen LogP contribution in [0.15, 0.2) is 29.2 Å². The third-order valence-corrected chi connectivity index (χ3v) is 3.59. The summed E-state index contributed by atoms with van der Waals surface area (Å²) in [4.78, 5) is 12.7. The van der Waals surface area contributed by atoms with Crippen LogP contribution in [0.4, 0.5) is 0 Å². The first-order valence-electron chi connectivity index (χ1n) is 5.02. The van der Waals surface area contributed by atoms with E-state index in [-0.39, 0.29) is 24.4 Å². The molecule has 0 fully saturated rings. The smallest absolute Gasteiger partial charge is 0.221 e. The second kappa shape index (κ2) is 6.13. The number of thioether (sulfide) groups is 1. The summed E-state index contributed by atoms with van der Waals surface area (Å²) in [7, 11) is 0. The van der Waals surface area contributed by atoms with Crippen LogP contribution < -0.4 is 11.1 Å². The van der Waals surface area contributed by atoms with Gasteiger partial charge in [0.05, 0.1) is 6.04 Å². The number of hydrogen-bond donors (Lipinski definition) is 2. The van der Waals surface area contributed by atoms with Crippen LogP contribution in [0.5, 0.6) is 0 Å². The van der Waals surface area contributed by atoms with Crippen molar-refractivity contribution in [2.75, 3.05) is 12.3 Å². The summed E-state index contributed by atoms with van der Waals surface area (Å²) >= 11 is 1.79. The third kappa shape index (κ3) is 2.90. The highest BCUT2D eigenvalue weighted by molar-refractivity contribution is 7.99. The quantitative estimate of drug-likeness (QED) is 0.868. The first-order valence-corrected chi connectivity index (χ1v) is 6.01. The Kier molecular flexibility index (Phi) is 5.12. The normalized spacial score (nSPS) is 17.4. The molecule has 3 nitrogen and oxygen atoms in total. The van der Waals surface area contributed by atoms with Crippen LogP contribution in [0.25, 0.3) is 0 Å². The van der Waals surface area contributed by atoms with Crippen molar-refractivity contribution >= 4 is 30.1 Å². The number of nitrogens with one attached hydrogen (secondary N) is 1. The number of benzene rings is 1. The summed E-state index contributed by atoms with van der Waals surface area (Å²) in [6, 6.07) is 8.35. The minimum Gasteiger partial charge on any atom is -0.348 e. The highest BCUT2D eigenvalue weighted by Gasteiger charge is 2.23. The minimum atomic E-state index is 0. The molecule has 0 bridgehead atoms. The fourth-order valence-corrected chi connectivity index (χ4v) is 2.84. The Bertz CT molecular complexity index is 373. The average molecular weight is 259 g/mol. The number of carbonyl (C=O) groups is 1. The number of halogens is 1.